The Balaban J connectivity index is 1.25. The predicted molar refractivity (Wildman–Crippen MR) is 228 cm³/mol. The van der Waals surface area contributed by atoms with Crippen LogP contribution in [0.2, 0.25) is 0 Å². The van der Waals surface area contributed by atoms with Gasteiger partial charge in [-0.05, 0) is 109 Å². The summed E-state index contributed by atoms with van der Waals surface area (Å²) in [4.78, 5) is 15.2. The zero-order valence-corrected chi connectivity index (χ0v) is 30.7. The maximum absolute atomic E-state index is 5.34. The van der Waals surface area contributed by atoms with Crippen LogP contribution in [0.1, 0.15) is 11.1 Å². The molecule has 0 aliphatic carbocycles. The molecule has 6 heteroatoms. The molecule has 256 valence electrons. The number of rotatable bonds is 7. The van der Waals surface area contributed by atoms with Crippen molar-refractivity contribution in [3.8, 4) is 66.6 Å². The van der Waals surface area contributed by atoms with E-state index in [1.54, 1.807) is 23.1 Å². The van der Waals surface area contributed by atoms with E-state index in [2.05, 4.69) is 167 Å². The lowest BCUT2D eigenvalue weighted by atomic mass is 9.86. The Labute approximate surface area is 322 Å². The monoisotopic (exact) mass is 728 g/mol. The van der Waals surface area contributed by atoms with E-state index >= 15 is 0 Å². The van der Waals surface area contributed by atoms with Gasteiger partial charge in [0.1, 0.15) is 10.4 Å². The number of benzene rings is 6. The minimum atomic E-state index is 0.0762. The van der Waals surface area contributed by atoms with Crippen molar-refractivity contribution in [1.82, 2.24) is 20.3 Å². The third-order valence-electron chi connectivity index (χ3n) is 9.99. The van der Waals surface area contributed by atoms with Gasteiger partial charge in [0.25, 0.3) is 0 Å². The highest BCUT2D eigenvalue weighted by Gasteiger charge is 2.22. The van der Waals surface area contributed by atoms with Crippen LogP contribution < -0.4 is 5.32 Å². The van der Waals surface area contributed by atoms with Crippen molar-refractivity contribution in [2.24, 2.45) is 0 Å². The van der Waals surface area contributed by atoms with Gasteiger partial charge < -0.3 is 5.32 Å². The summed E-state index contributed by atoms with van der Waals surface area (Å²) < 4.78 is 0. The molecule has 1 atom stereocenters. The molecule has 9 aromatic rings. The fourth-order valence-corrected chi connectivity index (χ4v) is 8.87. The summed E-state index contributed by atoms with van der Waals surface area (Å²) in [5.41, 5.74) is 13.0. The van der Waals surface area contributed by atoms with Crippen molar-refractivity contribution in [2.75, 3.05) is 0 Å². The van der Waals surface area contributed by atoms with Crippen molar-refractivity contribution in [1.29, 1.82) is 0 Å². The molecule has 0 amide bonds. The largest absolute Gasteiger partial charge is 0.374 e. The number of hydrogen-bond acceptors (Lipinski definition) is 6. The molecular formula is C48H32N4S2. The summed E-state index contributed by atoms with van der Waals surface area (Å²) >= 11 is 3.34. The second-order valence-corrected chi connectivity index (χ2v) is 15.2. The van der Waals surface area contributed by atoms with Gasteiger partial charge in [-0.15, -0.1) is 23.1 Å². The first-order valence-electron chi connectivity index (χ1n) is 17.9. The summed E-state index contributed by atoms with van der Waals surface area (Å²) in [5.74, 6) is 0. The average molecular weight is 729 g/mol. The highest BCUT2D eigenvalue weighted by Crippen LogP contribution is 2.45. The van der Waals surface area contributed by atoms with E-state index in [0.717, 1.165) is 71.6 Å². The van der Waals surface area contributed by atoms with E-state index in [-0.39, 0.29) is 5.37 Å². The Bertz CT molecular complexity index is 2770. The molecule has 1 aliphatic rings. The molecule has 0 bridgehead atoms. The Morgan fingerprint density at radius 3 is 1.70 bits per heavy atom. The van der Waals surface area contributed by atoms with Crippen molar-refractivity contribution in [2.45, 2.75) is 5.37 Å². The number of fused-ring (bicyclic) bond motifs is 2. The van der Waals surface area contributed by atoms with Crippen LogP contribution in [0, 0.1) is 0 Å². The minimum Gasteiger partial charge on any atom is -0.374 e. The van der Waals surface area contributed by atoms with Gasteiger partial charge in [0.15, 0.2) is 0 Å². The average Bonchev–Trinajstić information content (AvgIpc) is 4.00. The number of thiazole rings is 1. The summed E-state index contributed by atoms with van der Waals surface area (Å²) in [5, 5.41) is 13.0. The molecule has 1 N–H and O–H groups in total. The molecule has 54 heavy (non-hydrogen) atoms. The van der Waals surface area contributed by atoms with E-state index in [4.69, 9.17) is 9.97 Å². The normalized spacial score (nSPS) is 13.7. The fourth-order valence-electron chi connectivity index (χ4n) is 7.52. The molecule has 4 heterocycles. The number of nitrogens with one attached hydrogen (secondary N) is 1. The number of thioether (sulfide) groups is 1. The summed E-state index contributed by atoms with van der Waals surface area (Å²) in [6.07, 6.45) is 3.83. The van der Waals surface area contributed by atoms with Crippen molar-refractivity contribution < 1.29 is 0 Å². The van der Waals surface area contributed by atoms with Crippen LogP contribution in [0.5, 0.6) is 0 Å². The van der Waals surface area contributed by atoms with E-state index in [0.29, 0.717) is 0 Å². The van der Waals surface area contributed by atoms with E-state index in [1.165, 1.54) is 22.3 Å². The summed E-state index contributed by atoms with van der Waals surface area (Å²) in [6, 6.07) is 56.5. The molecular weight excluding hydrogens is 697 g/mol. The lowest BCUT2D eigenvalue weighted by Gasteiger charge is -2.19. The third kappa shape index (κ3) is 5.96. The smallest absolute Gasteiger partial charge is 0.141 e. The molecule has 0 fully saturated rings. The van der Waals surface area contributed by atoms with Crippen LogP contribution in [0.15, 0.2) is 181 Å². The minimum absolute atomic E-state index is 0.0762. The van der Waals surface area contributed by atoms with Gasteiger partial charge in [-0.1, -0.05) is 109 Å². The third-order valence-corrected chi connectivity index (χ3v) is 11.7. The molecule has 0 saturated heterocycles. The highest BCUT2D eigenvalue weighted by molar-refractivity contribution is 8.02. The standard InChI is InChI=1S/C48H32N4S2/c1-3-11-31(12-4-1)34-27-35(32-13-5-2-6-14-32)29-36(28-34)33-21-22-39-40(30-33)46(42-18-10-20-44(52-42)48-50-24-26-54-48)38-16-8-7-15-37(38)45(39)41-17-9-19-43(51-41)47-49-23-25-53-47/h1-30,48,50H. The molecule has 0 spiro atoms. The van der Waals surface area contributed by atoms with Crippen LogP contribution in [-0.4, -0.2) is 15.0 Å². The van der Waals surface area contributed by atoms with Crippen LogP contribution in [0.3, 0.4) is 0 Å². The van der Waals surface area contributed by atoms with Crippen LogP contribution in [-0.2, 0) is 0 Å². The Morgan fingerprint density at radius 2 is 1.06 bits per heavy atom. The lowest BCUT2D eigenvalue weighted by Crippen LogP contribution is -2.09. The molecule has 4 nitrogen and oxygen atoms in total. The number of aromatic nitrogens is 3. The lowest BCUT2D eigenvalue weighted by molar-refractivity contribution is 0.829. The van der Waals surface area contributed by atoms with Crippen LogP contribution in [0.25, 0.3) is 88.1 Å². The number of nitrogens with zero attached hydrogens (tertiary/aromatic N) is 3. The van der Waals surface area contributed by atoms with Gasteiger partial charge in [0.05, 0.1) is 22.8 Å². The quantitative estimate of drug-likeness (QED) is 0.166. The van der Waals surface area contributed by atoms with Gasteiger partial charge in [-0.2, -0.15) is 0 Å². The van der Waals surface area contributed by atoms with Gasteiger partial charge in [-0.3, -0.25) is 0 Å². The SMILES string of the molecule is C1=CSC(c2cccc(-c3c4ccccc4c(-c4cccc(-c5nccs5)n4)c4ccc(-c5cc(-c6ccccc6)cc(-c6ccccc6)c5)cc34)n2)N1. The maximum atomic E-state index is 5.34. The highest BCUT2D eigenvalue weighted by atomic mass is 32.2. The van der Waals surface area contributed by atoms with Crippen molar-refractivity contribution in [3.05, 3.63) is 187 Å². The van der Waals surface area contributed by atoms with Crippen molar-refractivity contribution >= 4 is 44.6 Å². The first-order valence-corrected chi connectivity index (χ1v) is 19.7. The second-order valence-electron chi connectivity index (χ2n) is 13.3. The topological polar surface area (TPSA) is 50.7 Å². The molecule has 0 radical (unpaired) electrons. The zero-order chi connectivity index (χ0) is 35.8. The fraction of sp³-hybridized carbons (Fsp3) is 0.0208. The predicted octanol–water partition coefficient (Wildman–Crippen LogP) is 13.0. The molecule has 3 aromatic heterocycles. The van der Waals surface area contributed by atoms with Gasteiger partial charge >= 0.3 is 0 Å². The first-order chi connectivity index (χ1) is 26.8. The molecule has 6 aromatic carbocycles. The Hall–Kier alpha value is -6.34. The van der Waals surface area contributed by atoms with E-state index in [9.17, 15) is 0 Å². The molecule has 1 unspecified atom stereocenters. The van der Waals surface area contributed by atoms with Crippen LogP contribution >= 0.6 is 23.1 Å². The van der Waals surface area contributed by atoms with Crippen LogP contribution in [0.4, 0.5) is 0 Å². The molecule has 10 rings (SSSR count). The van der Waals surface area contributed by atoms with Gasteiger partial charge in [0, 0.05) is 28.9 Å². The van der Waals surface area contributed by atoms with Gasteiger partial charge in [0.2, 0.25) is 0 Å². The summed E-state index contributed by atoms with van der Waals surface area (Å²) in [7, 11) is 0. The number of pyridine rings is 2. The first kappa shape index (κ1) is 32.3. The zero-order valence-electron chi connectivity index (χ0n) is 29.1. The Morgan fingerprint density at radius 1 is 0.463 bits per heavy atom. The Kier molecular flexibility index (Phi) is 8.32. The second kappa shape index (κ2) is 13.9. The van der Waals surface area contributed by atoms with E-state index < -0.39 is 0 Å². The molecule has 0 saturated carbocycles. The molecule has 1 aliphatic heterocycles. The van der Waals surface area contributed by atoms with Crippen molar-refractivity contribution in [3.63, 3.8) is 0 Å². The van der Waals surface area contributed by atoms with Gasteiger partial charge in [-0.25, -0.2) is 15.0 Å². The van der Waals surface area contributed by atoms with E-state index in [1.807, 2.05) is 23.8 Å². The summed E-state index contributed by atoms with van der Waals surface area (Å²) in [6.45, 7) is 0. The number of hydrogen-bond donors (Lipinski definition) is 1. The maximum Gasteiger partial charge on any atom is 0.141 e.